The van der Waals surface area contributed by atoms with Crippen molar-refractivity contribution in [2.45, 2.75) is 43.2 Å². The third-order valence-corrected chi connectivity index (χ3v) is 5.95. The molecule has 2 saturated heterocycles. The Morgan fingerprint density at radius 3 is 2.85 bits per heavy atom. The van der Waals surface area contributed by atoms with Gasteiger partial charge in [0.1, 0.15) is 0 Å². The van der Waals surface area contributed by atoms with E-state index >= 15 is 0 Å². The lowest BCUT2D eigenvalue weighted by atomic mass is 9.98. The van der Waals surface area contributed by atoms with Crippen molar-refractivity contribution in [1.82, 2.24) is 10.6 Å². The van der Waals surface area contributed by atoms with E-state index in [4.69, 9.17) is 5.14 Å². The van der Waals surface area contributed by atoms with Crippen LogP contribution in [0.5, 0.6) is 0 Å². The Bertz CT molecular complexity index is 811. The molecule has 0 aromatic heterocycles. The maximum Gasteiger partial charge on any atom is 0.238 e. The van der Waals surface area contributed by atoms with E-state index in [9.17, 15) is 18.0 Å². The Labute approximate surface area is 153 Å². The number of benzene rings is 1. The third kappa shape index (κ3) is 4.05. The van der Waals surface area contributed by atoms with E-state index in [1.807, 2.05) is 6.92 Å². The summed E-state index contributed by atoms with van der Waals surface area (Å²) in [5.74, 6) is -0.787. The fourth-order valence-electron chi connectivity index (χ4n) is 3.50. The normalized spacial score (nSPS) is 26.8. The van der Waals surface area contributed by atoms with Crippen molar-refractivity contribution in [2.75, 3.05) is 18.0 Å². The van der Waals surface area contributed by atoms with Gasteiger partial charge >= 0.3 is 0 Å². The Hall–Kier alpha value is -1.97. The molecule has 0 aliphatic carbocycles. The van der Waals surface area contributed by atoms with Crippen LogP contribution in [0.25, 0.3) is 0 Å². The van der Waals surface area contributed by atoms with Crippen LogP contribution >= 0.6 is 0 Å². The molecule has 142 valence electrons. The molecule has 3 rings (SSSR count). The number of nitrogens with two attached hydrogens (primary N) is 1. The Morgan fingerprint density at radius 2 is 2.15 bits per heavy atom. The second-order valence-corrected chi connectivity index (χ2v) is 8.51. The number of nitrogens with zero attached hydrogens (tertiary/aromatic N) is 1. The molecule has 0 bridgehead atoms. The summed E-state index contributed by atoms with van der Waals surface area (Å²) < 4.78 is 23.0. The zero-order valence-corrected chi connectivity index (χ0v) is 15.5. The lowest BCUT2D eigenvalue weighted by Crippen LogP contribution is -2.53. The smallest absolute Gasteiger partial charge is 0.238 e. The number of hydrogen-bond acceptors (Lipinski definition) is 5. The van der Waals surface area contributed by atoms with Gasteiger partial charge in [-0.05, 0) is 44.5 Å². The first-order valence-corrected chi connectivity index (χ1v) is 10.3. The van der Waals surface area contributed by atoms with E-state index in [0.29, 0.717) is 5.69 Å². The van der Waals surface area contributed by atoms with E-state index in [-0.39, 0.29) is 41.8 Å². The van der Waals surface area contributed by atoms with Gasteiger partial charge in [0.15, 0.2) is 0 Å². The van der Waals surface area contributed by atoms with Crippen molar-refractivity contribution in [3.63, 3.8) is 0 Å². The Kier molecular flexibility index (Phi) is 5.31. The first kappa shape index (κ1) is 18.8. The zero-order valence-electron chi connectivity index (χ0n) is 14.6. The van der Waals surface area contributed by atoms with Gasteiger partial charge in [-0.25, -0.2) is 13.6 Å². The van der Waals surface area contributed by atoms with E-state index in [0.717, 1.165) is 19.4 Å². The molecule has 1 aromatic carbocycles. The van der Waals surface area contributed by atoms with E-state index < -0.39 is 15.9 Å². The van der Waals surface area contributed by atoms with Crippen LogP contribution in [0.15, 0.2) is 29.2 Å². The second kappa shape index (κ2) is 7.34. The minimum Gasteiger partial charge on any atom is -0.352 e. The molecule has 9 heteroatoms. The number of amides is 2. The average Bonchev–Trinajstić information content (AvgIpc) is 2.98. The highest BCUT2D eigenvalue weighted by molar-refractivity contribution is 7.89. The molecular formula is C17H24N4O4S. The Balaban J connectivity index is 1.69. The monoisotopic (exact) mass is 380 g/mol. The van der Waals surface area contributed by atoms with Crippen molar-refractivity contribution < 1.29 is 18.0 Å². The predicted octanol–water partition coefficient (Wildman–Crippen LogP) is -0.0564. The van der Waals surface area contributed by atoms with Crippen LogP contribution in [0.3, 0.4) is 0 Å². The molecule has 2 amide bonds. The van der Waals surface area contributed by atoms with Crippen LogP contribution in [0.1, 0.15) is 26.2 Å². The summed E-state index contributed by atoms with van der Waals surface area (Å²) in [6.45, 7) is 3.21. The van der Waals surface area contributed by atoms with Crippen molar-refractivity contribution in [3.8, 4) is 0 Å². The highest BCUT2D eigenvalue weighted by Crippen LogP contribution is 2.27. The van der Waals surface area contributed by atoms with Gasteiger partial charge in [0.25, 0.3) is 0 Å². The van der Waals surface area contributed by atoms with Crippen molar-refractivity contribution in [3.05, 3.63) is 24.3 Å². The largest absolute Gasteiger partial charge is 0.352 e. The molecule has 1 aromatic rings. The van der Waals surface area contributed by atoms with Gasteiger partial charge in [0.05, 0.1) is 10.8 Å². The summed E-state index contributed by atoms with van der Waals surface area (Å²) in [4.78, 5) is 26.3. The molecular weight excluding hydrogens is 356 g/mol. The molecule has 2 aliphatic heterocycles. The molecule has 3 atom stereocenters. The second-order valence-electron chi connectivity index (χ2n) is 6.95. The summed E-state index contributed by atoms with van der Waals surface area (Å²) in [5, 5.41) is 11.5. The van der Waals surface area contributed by atoms with Crippen LogP contribution in [0.2, 0.25) is 0 Å². The molecule has 8 nitrogen and oxygen atoms in total. The number of primary sulfonamides is 1. The molecule has 0 spiro atoms. The van der Waals surface area contributed by atoms with Gasteiger partial charge in [0, 0.05) is 30.7 Å². The molecule has 4 N–H and O–H groups in total. The number of piperidine rings is 1. The fourth-order valence-corrected chi connectivity index (χ4v) is 4.06. The molecule has 2 fully saturated rings. The van der Waals surface area contributed by atoms with Crippen molar-refractivity contribution in [2.24, 2.45) is 11.1 Å². The third-order valence-electron chi connectivity index (χ3n) is 5.04. The van der Waals surface area contributed by atoms with E-state index in [2.05, 4.69) is 10.6 Å². The number of nitrogens with one attached hydrogen (secondary N) is 2. The summed E-state index contributed by atoms with van der Waals surface area (Å²) in [6.07, 6.45) is 2.03. The predicted molar refractivity (Wildman–Crippen MR) is 96.9 cm³/mol. The number of rotatable bonds is 4. The molecule has 2 aliphatic rings. The van der Waals surface area contributed by atoms with Crippen molar-refractivity contribution >= 4 is 27.5 Å². The standard InChI is InChI=1S/C17H24N4O4S/c1-11-15(6-3-7-19-11)20-17(23)12-8-16(22)21(10-12)13-4-2-5-14(9-13)26(18,24)25/h2,4-5,9,11-12,15,19H,3,6-8,10H2,1H3,(H,20,23)(H2,18,24,25). The maximum atomic E-state index is 12.6. The van der Waals surface area contributed by atoms with Gasteiger partial charge in [-0.3, -0.25) is 9.59 Å². The zero-order chi connectivity index (χ0) is 18.9. The highest BCUT2D eigenvalue weighted by atomic mass is 32.2. The lowest BCUT2D eigenvalue weighted by molar-refractivity contribution is -0.127. The van der Waals surface area contributed by atoms with Gasteiger partial charge in [0.2, 0.25) is 21.8 Å². The molecule has 26 heavy (non-hydrogen) atoms. The summed E-state index contributed by atoms with van der Waals surface area (Å²) in [5.41, 5.74) is 0.435. The van der Waals surface area contributed by atoms with Crippen molar-refractivity contribution in [1.29, 1.82) is 0 Å². The minimum absolute atomic E-state index is 0.0576. The van der Waals surface area contributed by atoms with Crippen LogP contribution in [-0.2, 0) is 19.6 Å². The van der Waals surface area contributed by atoms with Gasteiger partial charge in [-0.15, -0.1) is 0 Å². The van der Waals surface area contributed by atoms with E-state index in [1.54, 1.807) is 6.07 Å². The van der Waals surface area contributed by atoms with Crippen LogP contribution in [0.4, 0.5) is 5.69 Å². The number of sulfonamides is 1. The lowest BCUT2D eigenvalue weighted by Gasteiger charge is -2.31. The van der Waals surface area contributed by atoms with Crippen LogP contribution in [0, 0.1) is 5.92 Å². The maximum absolute atomic E-state index is 12.6. The quantitative estimate of drug-likeness (QED) is 0.676. The topological polar surface area (TPSA) is 122 Å². The van der Waals surface area contributed by atoms with Gasteiger partial charge in [-0.2, -0.15) is 0 Å². The van der Waals surface area contributed by atoms with E-state index in [1.165, 1.54) is 23.1 Å². The van der Waals surface area contributed by atoms with Gasteiger partial charge in [-0.1, -0.05) is 6.07 Å². The van der Waals surface area contributed by atoms with Crippen LogP contribution in [-0.4, -0.2) is 45.4 Å². The number of hydrogen-bond donors (Lipinski definition) is 3. The average molecular weight is 380 g/mol. The fraction of sp³-hybridized carbons (Fsp3) is 0.529. The minimum atomic E-state index is -3.85. The first-order valence-electron chi connectivity index (χ1n) is 8.72. The number of carbonyl (C=O) groups excluding carboxylic acids is 2. The SMILES string of the molecule is CC1NCCCC1NC(=O)C1CC(=O)N(c2cccc(S(N)(=O)=O)c2)C1. The first-order chi connectivity index (χ1) is 12.3. The number of carbonyl (C=O) groups is 2. The highest BCUT2D eigenvalue weighted by Gasteiger charge is 2.36. The summed E-state index contributed by atoms with van der Waals surface area (Å²) >= 11 is 0. The number of anilines is 1. The summed E-state index contributed by atoms with van der Waals surface area (Å²) in [7, 11) is -3.85. The molecule has 2 heterocycles. The Morgan fingerprint density at radius 1 is 1.38 bits per heavy atom. The molecule has 0 radical (unpaired) electrons. The molecule has 3 unspecified atom stereocenters. The molecule has 0 saturated carbocycles. The van der Waals surface area contributed by atoms with Crippen LogP contribution < -0.4 is 20.7 Å². The summed E-state index contributed by atoms with van der Waals surface area (Å²) in [6, 6.07) is 6.17. The van der Waals surface area contributed by atoms with Gasteiger partial charge < -0.3 is 15.5 Å².